The van der Waals surface area contributed by atoms with Gasteiger partial charge in [0.2, 0.25) is 0 Å². The molecule has 31 heavy (non-hydrogen) atoms. The van der Waals surface area contributed by atoms with Crippen molar-refractivity contribution in [3.63, 3.8) is 0 Å². The van der Waals surface area contributed by atoms with Crippen LogP contribution in [0.3, 0.4) is 0 Å². The van der Waals surface area contributed by atoms with Crippen LogP contribution in [0.15, 0.2) is 29.2 Å². The molecule has 1 aliphatic rings. The van der Waals surface area contributed by atoms with E-state index in [4.69, 9.17) is 0 Å². The van der Waals surface area contributed by atoms with Crippen molar-refractivity contribution in [3.05, 3.63) is 79.1 Å². The molecule has 0 spiro atoms. The number of H-pyrrole nitrogens is 1. The largest absolute Gasteiger partial charge is 0.328 e. The Morgan fingerprint density at radius 2 is 2.00 bits per heavy atom. The van der Waals surface area contributed by atoms with Gasteiger partial charge in [-0.3, -0.25) is 14.3 Å². The summed E-state index contributed by atoms with van der Waals surface area (Å²) in [5.41, 5.74) is 3.02. The molecule has 4 rings (SSSR count). The Labute approximate surface area is 178 Å². The topological polar surface area (TPSA) is 83.9 Å². The van der Waals surface area contributed by atoms with Gasteiger partial charge in [-0.2, -0.15) is 10.2 Å². The van der Waals surface area contributed by atoms with Crippen molar-refractivity contribution in [2.24, 2.45) is 0 Å². The molecule has 0 bridgehead atoms. The van der Waals surface area contributed by atoms with Crippen molar-refractivity contribution >= 4 is 18.1 Å². The minimum absolute atomic E-state index is 0.0275. The van der Waals surface area contributed by atoms with E-state index >= 15 is 0 Å². The molecule has 160 valence electrons. The van der Waals surface area contributed by atoms with Crippen LogP contribution in [0.5, 0.6) is 0 Å². The zero-order valence-electron chi connectivity index (χ0n) is 17.8. The van der Waals surface area contributed by atoms with Crippen LogP contribution in [0.2, 0.25) is 0 Å². The highest BCUT2D eigenvalue weighted by Gasteiger charge is 2.28. The third kappa shape index (κ3) is 3.81. The van der Waals surface area contributed by atoms with Crippen molar-refractivity contribution in [2.45, 2.75) is 46.8 Å². The monoisotopic (exact) mass is 421 g/mol. The molecule has 3 aromatic rings. The Hall–Kier alpha value is -3.55. The summed E-state index contributed by atoms with van der Waals surface area (Å²) in [5, 5.41) is 12.4. The number of carbonyl (C=O) groups excluding carboxylic acids is 1. The lowest BCUT2D eigenvalue weighted by Crippen LogP contribution is -2.43. The summed E-state index contributed by atoms with van der Waals surface area (Å²) in [7, 11) is 0. The van der Waals surface area contributed by atoms with Gasteiger partial charge < -0.3 is 4.90 Å². The Morgan fingerprint density at radius 1 is 1.23 bits per heavy atom. The average Bonchev–Trinajstić information content (AvgIpc) is 3.34. The molecule has 1 aliphatic heterocycles. The van der Waals surface area contributed by atoms with E-state index in [1.165, 1.54) is 6.07 Å². The third-order valence-electron chi connectivity index (χ3n) is 5.59. The first-order valence-electron chi connectivity index (χ1n) is 10.3. The Balaban J connectivity index is 1.62. The molecule has 0 saturated carbocycles. The molecule has 0 radical (unpaired) electrons. The number of aromatic nitrogens is 4. The summed E-state index contributed by atoms with van der Waals surface area (Å²) in [4.78, 5) is 26.6. The number of halogens is 1. The van der Waals surface area contributed by atoms with E-state index in [9.17, 15) is 14.0 Å². The molecular formula is C23H24FN5O2. The first kappa shape index (κ1) is 20.7. The van der Waals surface area contributed by atoms with Crippen LogP contribution in [0.25, 0.3) is 12.2 Å². The molecule has 0 saturated heterocycles. The maximum absolute atomic E-state index is 14.6. The normalized spacial score (nSPS) is 14.4. The van der Waals surface area contributed by atoms with E-state index in [0.29, 0.717) is 30.4 Å². The summed E-state index contributed by atoms with van der Waals surface area (Å²) >= 11 is 0. The van der Waals surface area contributed by atoms with Gasteiger partial charge in [0.05, 0.1) is 23.5 Å². The van der Waals surface area contributed by atoms with Gasteiger partial charge in [-0.1, -0.05) is 18.2 Å². The molecule has 1 N–H and O–H groups in total. The molecule has 3 heterocycles. The quantitative estimate of drug-likeness (QED) is 0.692. The Morgan fingerprint density at radius 3 is 2.68 bits per heavy atom. The van der Waals surface area contributed by atoms with Crippen molar-refractivity contribution in [1.82, 2.24) is 24.9 Å². The Bertz CT molecular complexity index is 1320. The van der Waals surface area contributed by atoms with E-state index in [1.54, 1.807) is 30.0 Å². The predicted octanol–water partition coefficient (Wildman–Crippen LogP) is 1.47. The molecule has 8 heteroatoms. The second-order valence-corrected chi connectivity index (χ2v) is 7.51. The van der Waals surface area contributed by atoms with Crippen LogP contribution >= 0.6 is 0 Å². The number of aromatic amines is 1. The number of nitrogens with zero attached hydrogens (tertiary/aromatic N) is 4. The summed E-state index contributed by atoms with van der Waals surface area (Å²) in [6.45, 7) is 7.20. The van der Waals surface area contributed by atoms with Crippen LogP contribution in [-0.4, -0.2) is 30.8 Å². The van der Waals surface area contributed by atoms with Gasteiger partial charge in [0.15, 0.2) is 0 Å². The van der Waals surface area contributed by atoms with Gasteiger partial charge in [-0.05, 0) is 38.5 Å². The fourth-order valence-electron chi connectivity index (χ4n) is 3.99. The average molecular weight is 421 g/mol. The molecule has 0 atom stereocenters. The van der Waals surface area contributed by atoms with Crippen LogP contribution in [-0.2, 0) is 26.1 Å². The predicted molar refractivity (Wildman–Crippen MR) is 115 cm³/mol. The zero-order valence-corrected chi connectivity index (χ0v) is 17.8. The van der Waals surface area contributed by atoms with Crippen LogP contribution in [0.1, 0.15) is 53.6 Å². The van der Waals surface area contributed by atoms with E-state index < -0.39 is 5.82 Å². The number of hydrogen-bond donors (Lipinski definition) is 1. The lowest BCUT2D eigenvalue weighted by molar-refractivity contribution is 0.0744. The number of amides is 1. The Kier molecular flexibility index (Phi) is 5.54. The number of rotatable bonds is 4. The van der Waals surface area contributed by atoms with E-state index in [1.807, 2.05) is 30.8 Å². The van der Waals surface area contributed by atoms with Crippen LogP contribution < -0.4 is 16.0 Å². The standard InChI is InChI=1S/C23H24FN5O2/c1-4-16-17(5-2)22(30)26-25-20(16)10-14-7-8-19(24)18(9-14)23(31)28-11-15-12-29(6-3)27-21(15)13-28/h4-5,7-9,12H,6,10-11,13H2,1-3H3,(H,26,30). The van der Waals surface area contributed by atoms with Crippen LogP contribution in [0.4, 0.5) is 4.39 Å². The number of benzene rings is 1. The van der Waals surface area contributed by atoms with Crippen molar-refractivity contribution < 1.29 is 9.18 Å². The summed E-state index contributed by atoms with van der Waals surface area (Å²) in [6, 6.07) is 4.52. The van der Waals surface area contributed by atoms with E-state index in [-0.39, 0.29) is 17.0 Å². The summed E-state index contributed by atoms with van der Waals surface area (Å²) < 4.78 is 16.4. The molecule has 2 aromatic heterocycles. The van der Waals surface area contributed by atoms with Gasteiger partial charge in [0.1, 0.15) is 5.82 Å². The number of hydrogen-bond acceptors (Lipinski definition) is 4. The summed E-state index contributed by atoms with van der Waals surface area (Å²) in [5.74, 6) is -0.920. The number of carbonyl (C=O) groups is 1. The number of nitrogens with one attached hydrogen (secondary N) is 1. The molecular weight excluding hydrogens is 397 g/mol. The molecule has 0 aliphatic carbocycles. The molecule has 0 unspecified atom stereocenters. The van der Waals surface area contributed by atoms with Crippen molar-refractivity contribution in [3.8, 4) is 0 Å². The highest BCUT2D eigenvalue weighted by Crippen LogP contribution is 2.24. The van der Waals surface area contributed by atoms with Crippen molar-refractivity contribution in [1.29, 1.82) is 0 Å². The van der Waals surface area contributed by atoms with E-state index in [0.717, 1.165) is 28.6 Å². The van der Waals surface area contributed by atoms with Crippen molar-refractivity contribution in [2.75, 3.05) is 0 Å². The zero-order chi connectivity index (χ0) is 22.1. The molecule has 1 aromatic carbocycles. The maximum Gasteiger partial charge on any atom is 0.271 e. The second kappa shape index (κ2) is 8.29. The first-order chi connectivity index (χ1) is 14.9. The van der Waals surface area contributed by atoms with Gasteiger partial charge >= 0.3 is 0 Å². The molecule has 7 nitrogen and oxygen atoms in total. The lowest BCUT2D eigenvalue weighted by Gasteiger charge is -2.17. The number of aryl methyl sites for hydroxylation is 1. The first-order valence-corrected chi connectivity index (χ1v) is 10.3. The highest BCUT2D eigenvalue weighted by atomic mass is 19.1. The minimum atomic E-state index is -0.559. The van der Waals surface area contributed by atoms with E-state index in [2.05, 4.69) is 15.3 Å². The fourth-order valence-corrected chi connectivity index (χ4v) is 3.99. The van der Waals surface area contributed by atoms with Crippen LogP contribution in [0, 0.1) is 5.82 Å². The maximum atomic E-state index is 14.6. The lowest BCUT2D eigenvalue weighted by atomic mass is 10.0. The van der Waals surface area contributed by atoms with Gasteiger partial charge in [0.25, 0.3) is 11.5 Å². The number of fused-ring (bicyclic) bond motifs is 1. The molecule has 0 fully saturated rings. The smallest absolute Gasteiger partial charge is 0.271 e. The fraction of sp³-hybridized carbons (Fsp3) is 0.304. The van der Waals surface area contributed by atoms with Gasteiger partial charge in [0, 0.05) is 41.7 Å². The third-order valence-corrected chi connectivity index (χ3v) is 5.59. The molecule has 1 amide bonds. The minimum Gasteiger partial charge on any atom is -0.328 e. The SMILES string of the molecule is CC=c1c(Cc2ccc(F)c(C(=O)N3Cc4cn(CC)nc4C3)c2)n[nH]c(=O)c1=CC. The van der Waals surface area contributed by atoms with Gasteiger partial charge in [-0.15, -0.1) is 0 Å². The second-order valence-electron chi connectivity index (χ2n) is 7.51. The van der Waals surface area contributed by atoms with Gasteiger partial charge in [-0.25, -0.2) is 9.49 Å². The summed E-state index contributed by atoms with van der Waals surface area (Å²) in [6.07, 6.45) is 5.86. The highest BCUT2D eigenvalue weighted by molar-refractivity contribution is 5.95.